The monoisotopic (exact) mass is 421 g/mol. The van der Waals surface area contributed by atoms with Crippen LogP contribution in [-0.2, 0) is 11.2 Å². The number of imidazole rings is 1. The Kier molecular flexibility index (Phi) is 10.3. The Morgan fingerprint density at radius 2 is 2.00 bits per heavy atom. The number of piperidine rings is 1. The van der Waals surface area contributed by atoms with Crippen LogP contribution in [0, 0.1) is 6.92 Å². The molecule has 0 bridgehead atoms. The third kappa shape index (κ3) is 7.90. The fourth-order valence-corrected chi connectivity index (χ4v) is 3.34. The maximum absolute atomic E-state index is 11.2. The average molecular weight is 422 g/mol. The molecule has 2 aromatic heterocycles. The molecule has 0 aromatic carbocycles. The second-order valence-electron chi connectivity index (χ2n) is 7.38. The van der Waals surface area contributed by atoms with Gasteiger partial charge in [0, 0.05) is 44.5 Å². The molecule has 6 heteroatoms. The van der Waals surface area contributed by atoms with E-state index < -0.39 is 0 Å². The lowest BCUT2D eigenvalue weighted by atomic mass is 10.1. The van der Waals surface area contributed by atoms with Gasteiger partial charge in [-0.25, -0.2) is 4.98 Å². The second-order valence-corrected chi connectivity index (χ2v) is 7.38. The number of rotatable bonds is 7. The zero-order valence-corrected chi connectivity index (χ0v) is 18.8. The first-order valence-corrected chi connectivity index (χ1v) is 10.9. The Labute approximate surface area is 185 Å². The molecule has 1 fully saturated rings. The van der Waals surface area contributed by atoms with E-state index in [-0.39, 0.29) is 5.91 Å². The molecular weight excluding hydrogens is 386 g/mol. The van der Waals surface area contributed by atoms with Crippen LogP contribution >= 0.6 is 0 Å². The van der Waals surface area contributed by atoms with Crippen LogP contribution in [0.25, 0.3) is 11.7 Å². The minimum Gasteiger partial charge on any atom is -0.377 e. The van der Waals surface area contributed by atoms with Gasteiger partial charge >= 0.3 is 0 Å². The highest BCUT2D eigenvalue weighted by atomic mass is 16.1. The highest BCUT2D eigenvalue weighted by Gasteiger charge is 2.07. The molecule has 3 N–H and O–H groups in total. The van der Waals surface area contributed by atoms with E-state index in [1.165, 1.54) is 38.4 Å². The van der Waals surface area contributed by atoms with Crippen molar-refractivity contribution in [1.29, 1.82) is 0 Å². The van der Waals surface area contributed by atoms with Gasteiger partial charge in [-0.15, -0.1) is 0 Å². The summed E-state index contributed by atoms with van der Waals surface area (Å²) in [6, 6.07) is 3.88. The molecule has 2 aromatic rings. The van der Waals surface area contributed by atoms with Gasteiger partial charge in [-0.1, -0.05) is 24.8 Å². The van der Waals surface area contributed by atoms with Crippen LogP contribution in [0.15, 0.2) is 61.5 Å². The van der Waals surface area contributed by atoms with Gasteiger partial charge in [-0.2, -0.15) is 0 Å². The number of pyridine rings is 1. The number of aryl methyl sites for hydroxylation is 1. The van der Waals surface area contributed by atoms with Crippen LogP contribution in [0.1, 0.15) is 36.2 Å². The molecule has 1 amide bonds. The normalized spacial score (nSPS) is 14.4. The summed E-state index contributed by atoms with van der Waals surface area (Å²) in [6.07, 6.45) is 20.1. The van der Waals surface area contributed by atoms with Crippen molar-refractivity contribution >= 4 is 17.6 Å². The summed E-state index contributed by atoms with van der Waals surface area (Å²) in [6.45, 7) is 8.67. The SMILES string of the molecule is C=C/C=C\C=C/N1CCCCC1.CNC(=O)/C=C/c1ccc2nc(CCN)c(C)n2c1. The van der Waals surface area contributed by atoms with Gasteiger partial charge in [0.25, 0.3) is 0 Å². The molecule has 0 saturated carbocycles. The number of likely N-dealkylation sites (tertiary alicyclic amines) is 1. The number of likely N-dealkylation sites (N-methyl/N-ethyl adjacent to an activating group) is 1. The van der Waals surface area contributed by atoms with E-state index in [0.717, 1.165) is 29.0 Å². The Bertz CT molecular complexity index is 933. The molecule has 1 saturated heterocycles. The number of aromatic nitrogens is 2. The van der Waals surface area contributed by atoms with Gasteiger partial charge in [0.15, 0.2) is 0 Å². The molecule has 6 nitrogen and oxygen atoms in total. The second kappa shape index (κ2) is 13.2. The van der Waals surface area contributed by atoms with E-state index in [0.29, 0.717) is 6.54 Å². The summed E-state index contributed by atoms with van der Waals surface area (Å²) < 4.78 is 2.02. The minimum atomic E-state index is -0.119. The largest absolute Gasteiger partial charge is 0.377 e. The third-order valence-electron chi connectivity index (χ3n) is 5.08. The van der Waals surface area contributed by atoms with E-state index >= 15 is 0 Å². The van der Waals surface area contributed by atoms with Crippen LogP contribution in [0.2, 0.25) is 0 Å². The number of hydrogen-bond donors (Lipinski definition) is 2. The van der Waals surface area contributed by atoms with E-state index in [9.17, 15) is 4.79 Å². The van der Waals surface area contributed by atoms with E-state index in [2.05, 4.69) is 34.1 Å². The summed E-state index contributed by atoms with van der Waals surface area (Å²) in [4.78, 5) is 18.1. The number of nitrogens with zero attached hydrogens (tertiary/aromatic N) is 3. The zero-order valence-electron chi connectivity index (χ0n) is 18.8. The molecule has 1 aliphatic heterocycles. The van der Waals surface area contributed by atoms with E-state index in [1.54, 1.807) is 19.2 Å². The first-order chi connectivity index (χ1) is 15.1. The van der Waals surface area contributed by atoms with Gasteiger partial charge in [0.05, 0.1) is 5.69 Å². The number of amides is 1. The van der Waals surface area contributed by atoms with Crippen LogP contribution < -0.4 is 11.1 Å². The lowest BCUT2D eigenvalue weighted by Gasteiger charge is -2.24. The molecule has 0 radical (unpaired) electrons. The van der Waals surface area contributed by atoms with Gasteiger partial charge in [0.1, 0.15) is 5.65 Å². The maximum atomic E-state index is 11.2. The number of allylic oxidation sites excluding steroid dienone is 4. The van der Waals surface area contributed by atoms with Crippen molar-refractivity contribution in [2.24, 2.45) is 5.73 Å². The predicted octanol–water partition coefficient (Wildman–Crippen LogP) is 3.63. The first-order valence-electron chi connectivity index (χ1n) is 10.9. The van der Waals surface area contributed by atoms with Crippen LogP contribution in [0.5, 0.6) is 0 Å². The van der Waals surface area contributed by atoms with Crippen LogP contribution in [-0.4, -0.2) is 46.9 Å². The molecule has 3 heterocycles. The zero-order chi connectivity index (χ0) is 22.5. The lowest BCUT2D eigenvalue weighted by Crippen LogP contribution is -2.23. The molecule has 166 valence electrons. The van der Waals surface area contributed by atoms with Gasteiger partial charge in [0.2, 0.25) is 5.91 Å². The Morgan fingerprint density at radius 1 is 1.23 bits per heavy atom. The predicted molar refractivity (Wildman–Crippen MR) is 130 cm³/mol. The van der Waals surface area contributed by atoms with Crippen LogP contribution in [0.4, 0.5) is 0 Å². The quantitative estimate of drug-likeness (QED) is 0.529. The lowest BCUT2D eigenvalue weighted by molar-refractivity contribution is -0.115. The average Bonchev–Trinajstić information content (AvgIpc) is 3.11. The Balaban J connectivity index is 0.000000245. The molecular formula is C25H35N5O. The summed E-state index contributed by atoms with van der Waals surface area (Å²) in [5.41, 5.74) is 9.54. The van der Waals surface area contributed by atoms with Crippen molar-refractivity contribution in [2.75, 3.05) is 26.7 Å². The number of nitrogens with one attached hydrogen (secondary N) is 1. The van der Waals surface area contributed by atoms with E-state index in [1.807, 2.05) is 41.8 Å². The summed E-state index contributed by atoms with van der Waals surface area (Å²) in [7, 11) is 1.61. The number of fused-ring (bicyclic) bond motifs is 1. The smallest absolute Gasteiger partial charge is 0.243 e. The molecule has 0 unspecified atom stereocenters. The number of hydrogen-bond acceptors (Lipinski definition) is 4. The highest BCUT2D eigenvalue weighted by molar-refractivity contribution is 5.91. The maximum Gasteiger partial charge on any atom is 0.243 e. The number of carbonyl (C=O) groups is 1. The Morgan fingerprint density at radius 3 is 2.68 bits per heavy atom. The standard InChI is InChI=1S/C14H18N4O.C11H17N/c1-10-12(7-8-15)17-13-5-3-11(9-18(10)13)4-6-14(19)16-2;1-2-3-4-6-9-12-10-7-5-8-11-12/h3-6,9H,7-8,15H2,1-2H3,(H,16,19);2-4,6,9H,1,5,7-8,10-11H2/b6-4+;4-3-,9-6-. The third-order valence-corrected chi connectivity index (χ3v) is 5.08. The van der Waals surface area contributed by atoms with Crippen molar-refractivity contribution in [3.8, 4) is 0 Å². The topological polar surface area (TPSA) is 75.7 Å². The number of carbonyl (C=O) groups excluding carboxylic acids is 1. The van der Waals surface area contributed by atoms with Gasteiger partial charge < -0.3 is 20.4 Å². The van der Waals surface area contributed by atoms with Crippen molar-refractivity contribution in [2.45, 2.75) is 32.6 Å². The molecule has 31 heavy (non-hydrogen) atoms. The van der Waals surface area contributed by atoms with Crippen molar-refractivity contribution in [3.63, 3.8) is 0 Å². The van der Waals surface area contributed by atoms with Crippen molar-refractivity contribution in [1.82, 2.24) is 19.6 Å². The molecule has 0 atom stereocenters. The molecule has 3 rings (SSSR count). The molecule has 0 spiro atoms. The highest BCUT2D eigenvalue weighted by Crippen LogP contribution is 2.14. The van der Waals surface area contributed by atoms with Gasteiger partial charge in [-0.05, 0) is 68.8 Å². The Hall–Kier alpha value is -3.12. The fourth-order valence-electron chi connectivity index (χ4n) is 3.34. The molecule has 0 aliphatic carbocycles. The fraction of sp³-hybridized carbons (Fsp3) is 0.360. The van der Waals surface area contributed by atoms with Crippen LogP contribution in [0.3, 0.4) is 0 Å². The summed E-state index contributed by atoms with van der Waals surface area (Å²) in [5.74, 6) is -0.119. The van der Waals surface area contributed by atoms with Crippen molar-refractivity contribution in [3.05, 3.63) is 78.4 Å². The summed E-state index contributed by atoms with van der Waals surface area (Å²) >= 11 is 0. The summed E-state index contributed by atoms with van der Waals surface area (Å²) in [5, 5.41) is 2.55. The number of nitrogens with two attached hydrogens (primary N) is 1. The minimum absolute atomic E-state index is 0.119. The molecule has 1 aliphatic rings. The first kappa shape index (κ1) is 24.2. The van der Waals surface area contributed by atoms with E-state index in [4.69, 9.17) is 5.73 Å². The van der Waals surface area contributed by atoms with Crippen molar-refractivity contribution < 1.29 is 4.79 Å². The van der Waals surface area contributed by atoms with Gasteiger partial charge in [-0.3, -0.25) is 4.79 Å².